The number of rotatable bonds is 4. The molecule has 2 heterocycles. The van der Waals surface area contributed by atoms with E-state index in [2.05, 4.69) is 59.7 Å². The number of aryl methyl sites for hydroxylation is 2. The Kier molecular flexibility index (Phi) is 3.37. The fraction of sp³-hybridized carbons (Fsp3) is 0.250. The Labute approximate surface area is 118 Å². The zero-order valence-corrected chi connectivity index (χ0v) is 11.8. The van der Waals surface area contributed by atoms with E-state index < -0.39 is 0 Å². The van der Waals surface area contributed by atoms with Gasteiger partial charge in [-0.05, 0) is 43.7 Å². The van der Waals surface area contributed by atoms with Crippen LogP contribution in [-0.4, -0.2) is 21.1 Å². The van der Waals surface area contributed by atoms with Crippen molar-refractivity contribution in [1.29, 1.82) is 0 Å². The van der Waals surface area contributed by atoms with E-state index >= 15 is 0 Å². The van der Waals surface area contributed by atoms with Crippen molar-refractivity contribution in [2.45, 2.75) is 20.3 Å². The molecular formula is C16H18N4. The lowest BCUT2D eigenvalue weighted by Crippen LogP contribution is -2.07. The minimum Gasteiger partial charge on any atom is -0.385 e. The predicted molar refractivity (Wildman–Crippen MR) is 81.1 cm³/mol. The molecule has 1 N–H and O–H groups in total. The van der Waals surface area contributed by atoms with Crippen LogP contribution in [0.1, 0.15) is 17.0 Å². The molecule has 4 nitrogen and oxygen atoms in total. The van der Waals surface area contributed by atoms with Gasteiger partial charge in [-0.15, -0.1) is 10.2 Å². The Bertz CT molecular complexity index is 713. The second kappa shape index (κ2) is 5.33. The summed E-state index contributed by atoms with van der Waals surface area (Å²) in [6, 6.07) is 12.5. The van der Waals surface area contributed by atoms with Gasteiger partial charge in [-0.3, -0.25) is 4.40 Å². The number of aromatic nitrogens is 3. The van der Waals surface area contributed by atoms with Gasteiger partial charge in [-0.2, -0.15) is 0 Å². The molecule has 0 unspecified atom stereocenters. The highest BCUT2D eigenvalue weighted by Crippen LogP contribution is 2.10. The molecule has 0 fully saturated rings. The number of hydrogen-bond acceptors (Lipinski definition) is 3. The Hall–Kier alpha value is -2.36. The molecule has 0 aliphatic rings. The van der Waals surface area contributed by atoms with E-state index in [1.54, 1.807) is 0 Å². The van der Waals surface area contributed by atoms with Gasteiger partial charge < -0.3 is 5.32 Å². The van der Waals surface area contributed by atoms with Gasteiger partial charge in [0.25, 0.3) is 0 Å². The van der Waals surface area contributed by atoms with Crippen LogP contribution in [0.5, 0.6) is 0 Å². The van der Waals surface area contributed by atoms with E-state index in [0.717, 1.165) is 30.1 Å². The maximum absolute atomic E-state index is 4.25. The van der Waals surface area contributed by atoms with Gasteiger partial charge in [0.1, 0.15) is 5.82 Å². The number of fused-ring (bicyclic) bond motifs is 1. The van der Waals surface area contributed by atoms with Gasteiger partial charge in [-0.1, -0.05) is 17.7 Å². The molecule has 3 aromatic rings. The van der Waals surface area contributed by atoms with Crippen LogP contribution in [0, 0.1) is 13.8 Å². The summed E-state index contributed by atoms with van der Waals surface area (Å²) in [5.74, 6) is 0.986. The first-order chi connectivity index (χ1) is 9.72. The van der Waals surface area contributed by atoms with Gasteiger partial charge >= 0.3 is 0 Å². The molecule has 0 amide bonds. The molecule has 3 rings (SSSR count). The standard InChI is InChI=1S/C16H18N4/c1-12-3-5-14(6-4-12)17-9-7-15-18-19-16-11-13(2)8-10-20(15)16/h3-6,8,10-11,17H,7,9H2,1-2H3. The third-order valence-electron chi connectivity index (χ3n) is 3.37. The summed E-state index contributed by atoms with van der Waals surface area (Å²) < 4.78 is 2.05. The van der Waals surface area contributed by atoms with Crippen LogP contribution < -0.4 is 5.32 Å². The lowest BCUT2D eigenvalue weighted by molar-refractivity contribution is 0.870. The molecule has 0 saturated heterocycles. The maximum Gasteiger partial charge on any atom is 0.161 e. The Balaban J connectivity index is 1.66. The van der Waals surface area contributed by atoms with Gasteiger partial charge in [0.05, 0.1) is 0 Å². The van der Waals surface area contributed by atoms with Crippen molar-refractivity contribution in [2.75, 3.05) is 11.9 Å². The summed E-state index contributed by atoms with van der Waals surface area (Å²) in [7, 11) is 0. The van der Waals surface area contributed by atoms with Crippen molar-refractivity contribution in [2.24, 2.45) is 0 Å². The van der Waals surface area contributed by atoms with E-state index in [0.29, 0.717) is 0 Å². The summed E-state index contributed by atoms with van der Waals surface area (Å²) in [6.07, 6.45) is 2.88. The van der Waals surface area contributed by atoms with Gasteiger partial charge in [-0.25, -0.2) is 0 Å². The number of nitrogens with zero attached hydrogens (tertiary/aromatic N) is 3. The molecule has 1 aromatic carbocycles. The molecule has 2 aromatic heterocycles. The monoisotopic (exact) mass is 266 g/mol. The molecule has 0 atom stereocenters. The highest BCUT2D eigenvalue weighted by Gasteiger charge is 2.04. The Morgan fingerprint density at radius 2 is 1.80 bits per heavy atom. The first-order valence-corrected chi connectivity index (χ1v) is 6.83. The molecule has 102 valence electrons. The SMILES string of the molecule is Cc1ccc(NCCc2nnc3cc(C)ccn23)cc1. The first kappa shape index (κ1) is 12.7. The maximum atomic E-state index is 4.25. The normalized spacial score (nSPS) is 10.9. The van der Waals surface area contributed by atoms with Gasteiger partial charge in [0.2, 0.25) is 0 Å². The average Bonchev–Trinajstić information content (AvgIpc) is 2.83. The summed E-state index contributed by atoms with van der Waals surface area (Å²) in [6.45, 7) is 5.00. The molecule has 20 heavy (non-hydrogen) atoms. The van der Waals surface area contributed by atoms with Crippen molar-refractivity contribution in [3.8, 4) is 0 Å². The van der Waals surface area contributed by atoms with Crippen LogP contribution in [0.25, 0.3) is 5.65 Å². The zero-order valence-electron chi connectivity index (χ0n) is 11.8. The van der Waals surface area contributed by atoms with E-state index in [1.165, 1.54) is 11.1 Å². The first-order valence-electron chi connectivity index (χ1n) is 6.83. The second-order valence-electron chi connectivity index (χ2n) is 5.09. The van der Waals surface area contributed by atoms with Crippen molar-refractivity contribution in [3.05, 3.63) is 59.5 Å². The van der Waals surface area contributed by atoms with Gasteiger partial charge in [0, 0.05) is 24.8 Å². The topological polar surface area (TPSA) is 42.2 Å². The third-order valence-corrected chi connectivity index (χ3v) is 3.37. The zero-order chi connectivity index (χ0) is 13.9. The van der Waals surface area contributed by atoms with E-state index in [-0.39, 0.29) is 0 Å². The third kappa shape index (κ3) is 2.64. The van der Waals surface area contributed by atoms with Gasteiger partial charge in [0.15, 0.2) is 5.65 Å². The fourth-order valence-electron chi connectivity index (χ4n) is 2.20. The highest BCUT2D eigenvalue weighted by atomic mass is 15.2. The number of benzene rings is 1. The van der Waals surface area contributed by atoms with Crippen molar-refractivity contribution in [3.63, 3.8) is 0 Å². The molecule has 0 bridgehead atoms. The Morgan fingerprint density at radius 1 is 1.00 bits per heavy atom. The van der Waals surface area contributed by atoms with Crippen molar-refractivity contribution < 1.29 is 0 Å². The predicted octanol–water partition coefficient (Wildman–Crippen LogP) is 3.00. The smallest absolute Gasteiger partial charge is 0.161 e. The minimum atomic E-state index is 0.845. The average molecular weight is 266 g/mol. The number of hydrogen-bond donors (Lipinski definition) is 1. The summed E-state index contributed by atoms with van der Waals surface area (Å²) >= 11 is 0. The second-order valence-corrected chi connectivity index (χ2v) is 5.09. The van der Waals surface area contributed by atoms with Crippen LogP contribution in [-0.2, 0) is 6.42 Å². The van der Waals surface area contributed by atoms with Crippen LogP contribution in [0.2, 0.25) is 0 Å². The van der Waals surface area contributed by atoms with Crippen molar-refractivity contribution >= 4 is 11.3 Å². The van der Waals surface area contributed by atoms with E-state index in [1.807, 2.05) is 16.7 Å². The molecule has 0 radical (unpaired) electrons. The highest BCUT2D eigenvalue weighted by molar-refractivity contribution is 5.44. The Morgan fingerprint density at radius 3 is 2.60 bits per heavy atom. The molecule has 0 saturated carbocycles. The fourth-order valence-corrected chi connectivity index (χ4v) is 2.20. The summed E-state index contributed by atoms with van der Waals surface area (Å²) in [5.41, 5.74) is 4.53. The summed E-state index contributed by atoms with van der Waals surface area (Å²) in [4.78, 5) is 0. The molecule has 4 heteroatoms. The molecule has 0 spiro atoms. The minimum absolute atomic E-state index is 0.845. The molecular weight excluding hydrogens is 248 g/mol. The van der Waals surface area contributed by atoms with Crippen LogP contribution >= 0.6 is 0 Å². The largest absolute Gasteiger partial charge is 0.385 e. The van der Waals surface area contributed by atoms with Crippen LogP contribution in [0.4, 0.5) is 5.69 Å². The van der Waals surface area contributed by atoms with Crippen molar-refractivity contribution in [1.82, 2.24) is 14.6 Å². The lowest BCUT2D eigenvalue weighted by atomic mass is 10.2. The van der Waals surface area contributed by atoms with E-state index in [9.17, 15) is 0 Å². The summed E-state index contributed by atoms with van der Waals surface area (Å²) in [5, 5.41) is 11.9. The van der Waals surface area contributed by atoms with Crippen LogP contribution in [0.15, 0.2) is 42.6 Å². The lowest BCUT2D eigenvalue weighted by Gasteiger charge is -2.06. The number of anilines is 1. The van der Waals surface area contributed by atoms with Crippen LogP contribution in [0.3, 0.4) is 0 Å². The van der Waals surface area contributed by atoms with E-state index in [4.69, 9.17) is 0 Å². The number of nitrogens with one attached hydrogen (secondary N) is 1. The quantitative estimate of drug-likeness (QED) is 0.789. The number of pyridine rings is 1. The molecule has 0 aliphatic carbocycles. The molecule has 0 aliphatic heterocycles.